The van der Waals surface area contributed by atoms with Gasteiger partial charge in [-0.25, -0.2) is 0 Å². The highest BCUT2D eigenvalue weighted by Crippen LogP contribution is 2.36. The summed E-state index contributed by atoms with van der Waals surface area (Å²) >= 11 is 0. The summed E-state index contributed by atoms with van der Waals surface area (Å²) in [7, 11) is 3.05. The Balaban J connectivity index is 1.93. The molecule has 158 valence electrons. The van der Waals surface area contributed by atoms with Crippen molar-refractivity contribution in [1.82, 2.24) is 5.32 Å². The Kier molecular flexibility index (Phi) is 6.97. The number of carbonyl (C=O) groups is 1. The predicted octanol–water partition coefficient (Wildman–Crippen LogP) is 3.63. The van der Waals surface area contributed by atoms with Crippen molar-refractivity contribution in [3.63, 3.8) is 0 Å². The summed E-state index contributed by atoms with van der Waals surface area (Å²) in [6, 6.07) is 21.1. The minimum Gasteiger partial charge on any atom is -0.493 e. The third-order valence-electron chi connectivity index (χ3n) is 4.80. The highest BCUT2D eigenvalue weighted by Gasteiger charge is 2.25. The van der Waals surface area contributed by atoms with Gasteiger partial charge in [0.1, 0.15) is 6.04 Å². The number of nitrogens with two attached hydrogens (primary N) is 1. The minimum atomic E-state index is -0.795. The molecule has 1 atom stereocenters. The first-order valence-electron chi connectivity index (χ1n) is 9.65. The van der Waals surface area contributed by atoms with E-state index in [0.717, 1.165) is 5.56 Å². The molecule has 0 aliphatic rings. The number of ether oxygens (including phenoxy) is 2. The average Bonchev–Trinajstić information content (AvgIpc) is 2.82. The van der Waals surface area contributed by atoms with E-state index in [9.17, 15) is 4.79 Å². The van der Waals surface area contributed by atoms with Crippen LogP contribution in [0.15, 0.2) is 66.7 Å². The third kappa shape index (κ3) is 5.25. The van der Waals surface area contributed by atoms with E-state index in [2.05, 4.69) is 16.7 Å². The first-order chi connectivity index (χ1) is 15.0. The molecule has 4 N–H and O–H groups in total. The number of nitrogen functional groups attached to an aromatic ring is 1. The van der Waals surface area contributed by atoms with Gasteiger partial charge in [-0.05, 0) is 35.9 Å². The molecule has 0 radical (unpaired) electrons. The first kappa shape index (κ1) is 21.5. The zero-order valence-corrected chi connectivity index (χ0v) is 17.4. The van der Waals surface area contributed by atoms with Gasteiger partial charge in [-0.3, -0.25) is 4.79 Å². The number of amides is 1. The summed E-state index contributed by atoms with van der Waals surface area (Å²) in [5.41, 5.74) is 9.39. The Labute approximate surface area is 181 Å². The second-order valence-electron chi connectivity index (χ2n) is 6.81. The number of carbonyl (C=O) groups excluding carboxylic acids is 1. The smallest absolute Gasteiger partial charge is 0.247 e. The molecule has 0 spiro atoms. The van der Waals surface area contributed by atoms with Crippen LogP contribution in [-0.2, 0) is 11.3 Å². The van der Waals surface area contributed by atoms with Crippen LogP contribution in [0.3, 0.4) is 0 Å². The largest absolute Gasteiger partial charge is 0.493 e. The molecule has 0 heterocycles. The molecule has 3 aromatic rings. The highest BCUT2D eigenvalue weighted by atomic mass is 16.5. The average molecular weight is 416 g/mol. The van der Waals surface area contributed by atoms with Gasteiger partial charge in [0, 0.05) is 29.5 Å². The normalized spacial score (nSPS) is 11.1. The van der Waals surface area contributed by atoms with Crippen LogP contribution in [0.2, 0.25) is 0 Å². The fourth-order valence-corrected chi connectivity index (χ4v) is 3.14. The SMILES string of the molecule is COc1cc(N)c([C@H](Nc2ccc(C#N)cc2)C(=O)NCc2ccccc2)cc1OC. The Morgan fingerprint density at radius 2 is 1.68 bits per heavy atom. The van der Waals surface area contributed by atoms with Gasteiger partial charge in [-0.15, -0.1) is 0 Å². The molecule has 7 heteroatoms. The van der Waals surface area contributed by atoms with E-state index in [1.165, 1.54) is 14.2 Å². The van der Waals surface area contributed by atoms with Gasteiger partial charge in [0.2, 0.25) is 5.91 Å². The van der Waals surface area contributed by atoms with Gasteiger partial charge >= 0.3 is 0 Å². The van der Waals surface area contributed by atoms with E-state index in [0.29, 0.717) is 40.5 Å². The van der Waals surface area contributed by atoms with Crippen molar-refractivity contribution in [1.29, 1.82) is 5.26 Å². The fraction of sp³-hybridized carbons (Fsp3) is 0.167. The molecule has 31 heavy (non-hydrogen) atoms. The lowest BCUT2D eigenvalue weighted by molar-refractivity contribution is -0.122. The molecule has 0 saturated heterocycles. The van der Waals surface area contributed by atoms with Crippen LogP contribution in [0.25, 0.3) is 0 Å². The summed E-state index contributed by atoms with van der Waals surface area (Å²) in [5, 5.41) is 15.2. The number of methoxy groups -OCH3 is 2. The van der Waals surface area contributed by atoms with Crippen LogP contribution < -0.4 is 25.8 Å². The molecule has 0 unspecified atom stereocenters. The van der Waals surface area contributed by atoms with Crippen molar-refractivity contribution < 1.29 is 14.3 Å². The molecule has 3 aromatic carbocycles. The molecule has 3 rings (SSSR count). The first-order valence-corrected chi connectivity index (χ1v) is 9.65. The second kappa shape index (κ2) is 10.0. The maximum absolute atomic E-state index is 13.2. The molecule has 0 bridgehead atoms. The van der Waals surface area contributed by atoms with Gasteiger partial charge in [-0.1, -0.05) is 30.3 Å². The lowest BCUT2D eigenvalue weighted by Gasteiger charge is -2.23. The van der Waals surface area contributed by atoms with Crippen molar-refractivity contribution in [3.05, 3.63) is 83.4 Å². The topological polar surface area (TPSA) is 109 Å². The van der Waals surface area contributed by atoms with Crippen LogP contribution in [-0.4, -0.2) is 20.1 Å². The van der Waals surface area contributed by atoms with Crippen LogP contribution in [0.1, 0.15) is 22.7 Å². The lowest BCUT2D eigenvalue weighted by atomic mass is 10.0. The Morgan fingerprint density at radius 1 is 1.03 bits per heavy atom. The van der Waals surface area contributed by atoms with Gasteiger partial charge in [0.15, 0.2) is 11.5 Å². The van der Waals surface area contributed by atoms with Crippen molar-refractivity contribution in [3.8, 4) is 17.6 Å². The van der Waals surface area contributed by atoms with Crippen LogP contribution in [0.5, 0.6) is 11.5 Å². The van der Waals surface area contributed by atoms with E-state index < -0.39 is 6.04 Å². The van der Waals surface area contributed by atoms with E-state index in [-0.39, 0.29) is 5.91 Å². The fourth-order valence-electron chi connectivity index (χ4n) is 3.14. The van der Waals surface area contributed by atoms with Crippen LogP contribution >= 0.6 is 0 Å². The van der Waals surface area contributed by atoms with Gasteiger partial charge < -0.3 is 25.8 Å². The molecular weight excluding hydrogens is 392 g/mol. The maximum atomic E-state index is 13.2. The van der Waals surface area contributed by atoms with Gasteiger partial charge in [0.25, 0.3) is 0 Å². The maximum Gasteiger partial charge on any atom is 0.247 e. The molecule has 1 amide bonds. The van der Waals surface area contributed by atoms with Crippen molar-refractivity contribution >= 4 is 17.3 Å². The lowest BCUT2D eigenvalue weighted by Crippen LogP contribution is -2.33. The number of nitriles is 1. The number of hydrogen-bond donors (Lipinski definition) is 3. The van der Waals surface area contributed by atoms with Gasteiger partial charge in [0.05, 0.1) is 25.9 Å². The quantitative estimate of drug-likeness (QED) is 0.484. The highest BCUT2D eigenvalue weighted by molar-refractivity contribution is 5.88. The summed E-state index contributed by atoms with van der Waals surface area (Å²) < 4.78 is 10.7. The Morgan fingerprint density at radius 3 is 2.29 bits per heavy atom. The van der Waals surface area contributed by atoms with Gasteiger partial charge in [-0.2, -0.15) is 5.26 Å². The Bertz CT molecular complexity index is 1080. The van der Waals surface area contributed by atoms with E-state index in [1.54, 1.807) is 36.4 Å². The molecule has 0 saturated carbocycles. The predicted molar refractivity (Wildman–Crippen MR) is 120 cm³/mol. The zero-order valence-electron chi connectivity index (χ0n) is 17.4. The minimum absolute atomic E-state index is 0.257. The molecular formula is C24H24N4O3. The number of nitrogens with one attached hydrogen (secondary N) is 2. The zero-order chi connectivity index (χ0) is 22.2. The van der Waals surface area contributed by atoms with Crippen molar-refractivity contribution in [2.24, 2.45) is 0 Å². The molecule has 0 aliphatic carbocycles. The monoisotopic (exact) mass is 416 g/mol. The van der Waals surface area contributed by atoms with Crippen LogP contribution in [0.4, 0.5) is 11.4 Å². The van der Waals surface area contributed by atoms with Crippen molar-refractivity contribution in [2.75, 3.05) is 25.3 Å². The molecule has 7 nitrogen and oxygen atoms in total. The Hall–Kier alpha value is -4.18. The summed E-state index contributed by atoms with van der Waals surface area (Å²) in [6.45, 7) is 0.373. The summed E-state index contributed by atoms with van der Waals surface area (Å²) in [6.07, 6.45) is 0. The number of nitrogens with zero attached hydrogens (tertiary/aromatic N) is 1. The summed E-state index contributed by atoms with van der Waals surface area (Å²) in [5.74, 6) is 0.687. The third-order valence-corrected chi connectivity index (χ3v) is 4.80. The standard InChI is InChI=1S/C24H24N4O3/c1-30-21-12-19(20(26)13-22(21)31-2)23(28-18-10-8-16(14-25)9-11-18)24(29)27-15-17-6-4-3-5-7-17/h3-13,23,28H,15,26H2,1-2H3,(H,27,29)/t23-/m0/s1. The van der Waals surface area contributed by atoms with E-state index >= 15 is 0 Å². The van der Waals surface area contributed by atoms with E-state index in [1.807, 2.05) is 30.3 Å². The molecule has 0 fully saturated rings. The number of rotatable bonds is 8. The molecule has 0 aromatic heterocycles. The van der Waals surface area contributed by atoms with Crippen molar-refractivity contribution in [2.45, 2.75) is 12.6 Å². The van der Waals surface area contributed by atoms with E-state index in [4.69, 9.17) is 20.5 Å². The van der Waals surface area contributed by atoms with Crippen LogP contribution in [0, 0.1) is 11.3 Å². The number of hydrogen-bond acceptors (Lipinski definition) is 6. The summed E-state index contributed by atoms with van der Waals surface area (Å²) in [4.78, 5) is 13.2. The number of benzene rings is 3. The number of anilines is 2. The second-order valence-corrected chi connectivity index (χ2v) is 6.81. The molecule has 0 aliphatic heterocycles.